The Morgan fingerprint density at radius 2 is 2.07 bits per heavy atom. The van der Waals surface area contributed by atoms with Gasteiger partial charge in [-0.1, -0.05) is 12.1 Å². The molecule has 2 rings (SSSR count). The number of esters is 1. The minimum atomic E-state index is -0.460. The van der Waals surface area contributed by atoms with Crippen LogP contribution in [0.1, 0.15) is 32.4 Å². The second kappa shape index (κ2) is 9.48. The SMILES string of the molecule is CCOC(=O)C1=C(C)N(CC)C(=S)NC1c1cccc(NC(=O)COC)c1. The van der Waals surface area contributed by atoms with E-state index in [1.165, 1.54) is 7.11 Å². The molecule has 0 saturated carbocycles. The highest BCUT2D eigenvalue weighted by Gasteiger charge is 2.34. The van der Waals surface area contributed by atoms with Crippen LogP contribution >= 0.6 is 12.2 Å². The molecule has 1 amide bonds. The van der Waals surface area contributed by atoms with Crippen LogP contribution in [-0.4, -0.2) is 48.8 Å². The molecule has 1 heterocycles. The Labute approximate surface area is 164 Å². The van der Waals surface area contributed by atoms with Gasteiger partial charge in [0.1, 0.15) is 6.61 Å². The predicted molar refractivity (Wildman–Crippen MR) is 107 cm³/mol. The summed E-state index contributed by atoms with van der Waals surface area (Å²) in [6.45, 7) is 6.49. The number of carbonyl (C=O) groups is 2. The molecule has 1 aliphatic rings. The van der Waals surface area contributed by atoms with Gasteiger partial charge in [0.15, 0.2) is 5.11 Å². The van der Waals surface area contributed by atoms with Crippen molar-refractivity contribution in [3.63, 3.8) is 0 Å². The summed E-state index contributed by atoms with van der Waals surface area (Å²) in [6.07, 6.45) is 0. The first kappa shape index (κ1) is 20.9. The first-order valence-electron chi connectivity index (χ1n) is 8.77. The average Bonchev–Trinajstić information content (AvgIpc) is 2.62. The highest BCUT2D eigenvalue weighted by atomic mass is 32.1. The summed E-state index contributed by atoms with van der Waals surface area (Å²) < 4.78 is 10.1. The van der Waals surface area contributed by atoms with Crippen molar-refractivity contribution in [2.24, 2.45) is 0 Å². The first-order chi connectivity index (χ1) is 12.9. The molecule has 0 aliphatic carbocycles. The highest BCUT2D eigenvalue weighted by molar-refractivity contribution is 7.80. The number of methoxy groups -OCH3 is 1. The maximum atomic E-state index is 12.6. The van der Waals surface area contributed by atoms with Gasteiger partial charge >= 0.3 is 5.97 Å². The molecule has 0 fully saturated rings. The summed E-state index contributed by atoms with van der Waals surface area (Å²) in [4.78, 5) is 26.3. The maximum Gasteiger partial charge on any atom is 0.338 e. The van der Waals surface area contributed by atoms with Gasteiger partial charge in [-0.15, -0.1) is 0 Å². The number of benzene rings is 1. The largest absolute Gasteiger partial charge is 0.463 e. The molecule has 27 heavy (non-hydrogen) atoms. The van der Waals surface area contributed by atoms with Gasteiger partial charge in [0, 0.05) is 25.0 Å². The van der Waals surface area contributed by atoms with Crippen LogP contribution in [0.15, 0.2) is 35.5 Å². The van der Waals surface area contributed by atoms with Crippen LogP contribution in [0.3, 0.4) is 0 Å². The lowest BCUT2D eigenvalue weighted by Gasteiger charge is -2.37. The van der Waals surface area contributed by atoms with Crippen molar-refractivity contribution in [1.29, 1.82) is 0 Å². The van der Waals surface area contributed by atoms with Gasteiger partial charge in [-0.05, 0) is 50.7 Å². The fourth-order valence-corrected chi connectivity index (χ4v) is 3.39. The Bertz CT molecular complexity index is 763. The summed E-state index contributed by atoms with van der Waals surface area (Å²) in [5.41, 5.74) is 2.68. The van der Waals surface area contributed by atoms with E-state index in [0.717, 1.165) is 11.3 Å². The van der Waals surface area contributed by atoms with Crippen molar-refractivity contribution in [2.75, 3.05) is 32.2 Å². The Morgan fingerprint density at radius 3 is 2.70 bits per heavy atom. The number of allylic oxidation sites excluding steroid dienone is 1. The second-order valence-corrected chi connectivity index (χ2v) is 6.34. The zero-order valence-electron chi connectivity index (χ0n) is 16.0. The number of hydrogen-bond acceptors (Lipinski definition) is 5. The van der Waals surface area contributed by atoms with E-state index in [1.54, 1.807) is 13.0 Å². The van der Waals surface area contributed by atoms with Crippen LogP contribution in [0.5, 0.6) is 0 Å². The van der Waals surface area contributed by atoms with Crippen LogP contribution < -0.4 is 10.6 Å². The van der Waals surface area contributed by atoms with Crippen molar-refractivity contribution in [1.82, 2.24) is 10.2 Å². The van der Waals surface area contributed by atoms with Crippen molar-refractivity contribution in [3.05, 3.63) is 41.1 Å². The minimum absolute atomic E-state index is 0.0332. The van der Waals surface area contributed by atoms with Gasteiger partial charge in [0.05, 0.1) is 18.2 Å². The number of thiocarbonyl (C=S) groups is 1. The van der Waals surface area contributed by atoms with Crippen molar-refractivity contribution < 1.29 is 19.1 Å². The number of hydrogen-bond donors (Lipinski definition) is 2. The third-order valence-electron chi connectivity index (χ3n) is 4.19. The number of anilines is 1. The van der Waals surface area contributed by atoms with Crippen molar-refractivity contribution in [2.45, 2.75) is 26.8 Å². The molecule has 8 heteroatoms. The lowest BCUT2D eigenvalue weighted by Crippen LogP contribution is -2.47. The summed E-state index contributed by atoms with van der Waals surface area (Å²) in [7, 11) is 1.46. The summed E-state index contributed by atoms with van der Waals surface area (Å²) in [6, 6.07) is 6.81. The van der Waals surface area contributed by atoms with E-state index >= 15 is 0 Å². The van der Waals surface area contributed by atoms with Gasteiger partial charge in [0.25, 0.3) is 0 Å². The molecule has 146 valence electrons. The standard InChI is InChI=1S/C19H25N3O4S/c1-5-22-12(3)16(18(24)26-6-2)17(21-19(22)27)13-8-7-9-14(10-13)20-15(23)11-25-4/h7-10,17H,5-6,11H2,1-4H3,(H,20,23)(H,21,27). The molecule has 2 N–H and O–H groups in total. The molecule has 7 nitrogen and oxygen atoms in total. The van der Waals surface area contributed by atoms with Gasteiger partial charge in [-0.25, -0.2) is 4.79 Å². The number of nitrogens with zero attached hydrogens (tertiary/aromatic N) is 1. The smallest absolute Gasteiger partial charge is 0.338 e. The molecule has 1 aliphatic heterocycles. The summed E-state index contributed by atoms with van der Waals surface area (Å²) >= 11 is 5.46. The zero-order chi connectivity index (χ0) is 20.0. The molecule has 1 atom stereocenters. The van der Waals surface area contributed by atoms with E-state index in [2.05, 4.69) is 10.6 Å². The second-order valence-electron chi connectivity index (χ2n) is 5.95. The normalized spacial score (nSPS) is 16.8. The van der Waals surface area contributed by atoms with Crippen LogP contribution in [0.2, 0.25) is 0 Å². The van der Waals surface area contributed by atoms with Gasteiger partial charge in [-0.2, -0.15) is 0 Å². The average molecular weight is 391 g/mol. The van der Waals surface area contributed by atoms with Crippen molar-refractivity contribution >= 4 is 34.9 Å². The zero-order valence-corrected chi connectivity index (χ0v) is 16.8. The van der Waals surface area contributed by atoms with E-state index < -0.39 is 6.04 Å². The Balaban J connectivity index is 2.42. The molecular weight excluding hydrogens is 366 g/mol. The molecular formula is C19H25N3O4S. The molecule has 0 bridgehead atoms. The molecule has 0 aromatic heterocycles. The molecule has 0 saturated heterocycles. The monoisotopic (exact) mass is 391 g/mol. The predicted octanol–water partition coefficient (Wildman–Crippen LogP) is 2.36. The lowest BCUT2D eigenvalue weighted by atomic mass is 9.94. The van der Waals surface area contributed by atoms with Gasteiger partial charge in [-0.3, -0.25) is 4.79 Å². The number of amides is 1. The summed E-state index contributed by atoms with van der Waals surface area (Å²) in [5, 5.41) is 6.53. The Hall–Kier alpha value is -2.45. The van der Waals surface area contributed by atoms with E-state index in [0.29, 0.717) is 22.9 Å². The Morgan fingerprint density at radius 1 is 1.33 bits per heavy atom. The van der Waals surface area contributed by atoms with Gasteiger partial charge < -0.3 is 25.0 Å². The van der Waals surface area contributed by atoms with E-state index in [4.69, 9.17) is 21.7 Å². The van der Waals surface area contributed by atoms with Crippen LogP contribution in [0.25, 0.3) is 0 Å². The fourth-order valence-electron chi connectivity index (χ4n) is 3.01. The van der Waals surface area contributed by atoms with E-state index in [-0.39, 0.29) is 25.1 Å². The number of carbonyl (C=O) groups excluding carboxylic acids is 2. The minimum Gasteiger partial charge on any atom is -0.463 e. The molecule has 0 radical (unpaired) electrons. The molecule has 1 aromatic carbocycles. The van der Waals surface area contributed by atoms with E-state index in [9.17, 15) is 9.59 Å². The van der Waals surface area contributed by atoms with Crippen LogP contribution in [0, 0.1) is 0 Å². The molecule has 1 aromatic rings. The third-order valence-corrected chi connectivity index (χ3v) is 4.53. The molecule has 1 unspecified atom stereocenters. The fraction of sp³-hybridized carbons (Fsp3) is 0.421. The number of nitrogens with one attached hydrogen (secondary N) is 2. The Kier molecular flexibility index (Phi) is 7.32. The van der Waals surface area contributed by atoms with Crippen molar-refractivity contribution in [3.8, 4) is 0 Å². The number of rotatable bonds is 7. The topological polar surface area (TPSA) is 79.9 Å². The number of ether oxygens (including phenoxy) is 2. The van der Waals surface area contributed by atoms with Crippen LogP contribution in [-0.2, 0) is 19.1 Å². The first-order valence-corrected chi connectivity index (χ1v) is 9.18. The van der Waals surface area contributed by atoms with E-state index in [1.807, 2.05) is 36.9 Å². The highest BCUT2D eigenvalue weighted by Crippen LogP contribution is 2.32. The third kappa shape index (κ3) is 4.84. The summed E-state index contributed by atoms with van der Waals surface area (Å²) in [5.74, 6) is -0.640. The van der Waals surface area contributed by atoms with Gasteiger partial charge in [0.2, 0.25) is 5.91 Å². The molecule has 0 spiro atoms. The lowest BCUT2D eigenvalue weighted by molar-refractivity contribution is -0.139. The van der Waals surface area contributed by atoms with Crippen LogP contribution in [0.4, 0.5) is 5.69 Å². The quantitative estimate of drug-likeness (QED) is 0.546. The maximum absolute atomic E-state index is 12.6.